The molecule has 8 bridgehead atoms. The van der Waals surface area contributed by atoms with E-state index in [1.54, 1.807) is 19.1 Å². The maximum Gasteiger partial charge on any atom is 0.306 e. The largest absolute Gasteiger partial charge is 0.511 e. The smallest absolute Gasteiger partial charge is 0.306 e. The normalized spacial score (nSPS) is 22.3. The van der Waals surface area contributed by atoms with Crippen LogP contribution in [0.5, 0.6) is 0 Å². The standard InChI is InChI=1S/C48H60N4O7/c1-25(2)11-9-12-26(3)13-10-14-27(4)17-18-59-42(58)16-15-32-29(6)45-36(24-55)46-30(7)43(31(8)56)40(51-46)20-37-28(5)34(22-53)38(49-37)21-39-35(23-54)44-41(57)19-33(47(32)52-45)48(44)50-39/h11,13,17,20-21,29,31-32,52-57H,9-10,12,14-16,18-19,22-24H2,1-8H3/b26-13+,27-17+,38-21?,40-20?,45-36?,47-33?/t29-,31?,32-/m0/s1. The Morgan fingerprint density at radius 1 is 0.847 bits per heavy atom. The lowest BCUT2D eigenvalue weighted by Crippen LogP contribution is -2.19. The maximum atomic E-state index is 13.3. The molecule has 6 N–H and O–H groups in total. The number of carbonyl (C=O) groups is 1. The van der Waals surface area contributed by atoms with Gasteiger partial charge in [0.15, 0.2) is 0 Å². The van der Waals surface area contributed by atoms with Crippen LogP contribution in [0.25, 0.3) is 0 Å². The second-order valence-electron chi connectivity index (χ2n) is 16.6. The maximum absolute atomic E-state index is 13.3. The van der Waals surface area contributed by atoms with Crippen LogP contribution < -0.4 is 5.32 Å². The SMILES string of the molecule is CC(C)=CCC/C(C)=C/CC/C(C)=C/COC(=O)CC[C@@H]1C2=C3CC(O)=C4C3=NC(=C4CO)C=C3N=C(C=C4N=C(C(C)=C4C(C)O)C(CO)=C(N2)[C@H]1C)C(C)=C3CO. The average molecular weight is 805 g/mol. The van der Waals surface area contributed by atoms with Gasteiger partial charge in [0.25, 0.3) is 0 Å². The molecule has 59 heavy (non-hydrogen) atoms. The second kappa shape index (κ2) is 18.5. The minimum absolute atomic E-state index is 0.0755. The fraction of sp³-hybridized carbons (Fsp3) is 0.458. The molecule has 3 atom stereocenters. The predicted molar refractivity (Wildman–Crippen MR) is 234 cm³/mol. The van der Waals surface area contributed by atoms with Crippen molar-refractivity contribution in [1.29, 1.82) is 0 Å². The number of aliphatic hydroxyl groups is 5. The summed E-state index contributed by atoms with van der Waals surface area (Å²) in [6.07, 6.45) is 13.8. The highest BCUT2D eigenvalue weighted by Gasteiger charge is 2.43. The van der Waals surface area contributed by atoms with Gasteiger partial charge in [-0.05, 0) is 110 Å². The fourth-order valence-electron chi connectivity index (χ4n) is 8.84. The van der Waals surface area contributed by atoms with E-state index in [0.717, 1.165) is 59.4 Å². The number of esters is 1. The molecule has 6 rings (SSSR count). The monoisotopic (exact) mass is 804 g/mol. The Hall–Kier alpha value is -4.94. The van der Waals surface area contributed by atoms with E-state index in [-0.39, 0.29) is 62.8 Å². The number of nitrogens with one attached hydrogen (secondary N) is 1. The summed E-state index contributed by atoms with van der Waals surface area (Å²) in [6, 6.07) is 0. The van der Waals surface area contributed by atoms with Gasteiger partial charge in [0.2, 0.25) is 0 Å². The number of rotatable bonds is 15. The Morgan fingerprint density at radius 3 is 2.19 bits per heavy atom. The number of fused-ring (bicyclic) bond motifs is 5. The van der Waals surface area contributed by atoms with Crippen molar-refractivity contribution in [2.45, 2.75) is 106 Å². The molecule has 0 radical (unpaired) electrons. The highest BCUT2D eigenvalue weighted by molar-refractivity contribution is 6.21. The van der Waals surface area contributed by atoms with Crippen LogP contribution in [0, 0.1) is 11.8 Å². The van der Waals surface area contributed by atoms with Gasteiger partial charge in [-0.25, -0.2) is 15.0 Å². The van der Waals surface area contributed by atoms with Crippen molar-refractivity contribution in [1.82, 2.24) is 5.32 Å². The van der Waals surface area contributed by atoms with Gasteiger partial charge in [0.05, 0.1) is 60.2 Å². The van der Waals surface area contributed by atoms with Gasteiger partial charge in [0.1, 0.15) is 12.4 Å². The Morgan fingerprint density at radius 2 is 1.53 bits per heavy atom. The third kappa shape index (κ3) is 8.99. The molecule has 0 aromatic carbocycles. The molecule has 0 amide bonds. The lowest BCUT2D eigenvalue weighted by atomic mass is 9.84. The third-order valence-electron chi connectivity index (χ3n) is 12.2. The van der Waals surface area contributed by atoms with Crippen molar-refractivity contribution < 1.29 is 35.1 Å². The van der Waals surface area contributed by atoms with Crippen LogP contribution in [0.2, 0.25) is 0 Å². The van der Waals surface area contributed by atoms with Gasteiger partial charge in [-0.15, -0.1) is 0 Å². The van der Waals surface area contributed by atoms with Gasteiger partial charge >= 0.3 is 5.97 Å². The first-order valence-corrected chi connectivity index (χ1v) is 20.8. The quantitative estimate of drug-likeness (QED) is 0.0721. The van der Waals surface area contributed by atoms with E-state index in [0.29, 0.717) is 68.5 Å². The molecule has 5 heterocycles. The molecule has 5 aliphatic heterocycles. The zero-order chi connectivity index (χ0) is 42.7. The molecule has 314 valence electrons. The van der Waals surface area contributed by atoms with Gasteiger partial charge in [0, 0.05) is 69.5 Å². The molecule has 0 saturated carbocycles. The van der Waals surface area contributed by atoms with Crippen LogP contribution in [0.1, 0.15) is 100 Å². The van der Waals surface area contributed by atoms with E-state index in [1.165, 1.54) is 11.1 Å². The highest BCUT2D eigenvalue weighted by Crippen LogP contribution is 2.47. The number of allylic oxidation sites excluding steroid dienone is 12. The first-order chi connectivity index (χ1) is 28.2. The van der Waals surface area contributed by atoms with Crippen molar-refractivity contribution in [3.05, 3.63) is 126 Å². The Balaban J connectivity index is 1.33. The van der Waals surface area contributed by atoms with E-state index in [1.807, 2.05) is 26.8 Å². The minimum atomic E-state index is -0.880. The van der Waals surface area contributed by atoms with Crippen molar-refractivity contribution in [2.24, 2.45) is 26.8 Å². The molecule has 1 unspecified atom stereocenters. The topological polar surface area (TPSA) is 177 Å². The molecule has 0 spiro atoms. The zero-order valence-electron chi connectivity index (χ0n) is 35.8. The van der Waals surface area contributed by atoms with Gasteiger partial charge < -0.3 is 35.6 Å². The molecule has 11 heteroatoms. The summed E-state index contributed by atoms with van der Waals surface area (Å²) in [5.74, 6) is -0.723. The van der Waals surface area contributed by atoms with Crippen LogP contribution in [0.15, 0.2) is 141 Å². The van der Waals surface area contributed by atoms with E-state index in [9.17, 15) is 30.3 Å². The number of aliphatic hydroxyl groups excluding tert-OH is 5. The van der Waals surface area contributed by atoms with Gasteiger partial charge in [-0.1, -0.05) is 35.8 Å². The van der Waals surface area contributed by atoms with Crippen LogP contribution in [0.4, 0.5) is 0 Å². The average Bonchev–Trinajstić information content (AvgIpc) is 3.95. The van der Waals surface area contributed by atoms with E-state index < -0.39 is 6.10 Å². The number of hydrogen-bond donors (Lipinski definition) is 6. The molecule has 1 fully saturated rings. The van der Waals surface area contributed by atoms with Crippen molar-refractivity contribution in [3.63, 3.8) is 0 Å². The molecule has 0 aromatic heterocycles. The van der Waals surface area contributed by atoms with Crippen molar-refractivity contribution in [3.8, 4) is 0 Å². The Bertz CT molecular complexity index is 2250. The predicted octanol–water partition coefficient (Wildman–Crippen LogP) is 7.70. The third-order valence-corrected chi connectivity index (χ3v) is 12.2. The number of carbonyl (C=O) groups excluding carboxylic acids is 1. The molecule has 0 aromatic rings. The first-order valence-electron chi connectivity index (χ1n) is 20.8. The summed E-state index contributed by atoms with van der Waals surface area (Å²) < 4.78 is 5.71. The zero-order valence-corrected chi connectivity index (χ0v) is 35.8. The summed E-state index contributed by atoms with van der Waals surface area (Å²) in [5.41, 5.74) is 13.2. The Kier molecular flexibility index (Phi) is 13.7. The number of nitrogens with zero attached hydrogens (tertiary/aromatic N) is 3. The van der Waals surface area contributed by atoms with Gasteiger partial charge in [-0.2, -0.15) is 0 Å². The highest BCUT2D eigenvalue weighted by atomic mass is 16.5. The molecule has 11 nitrogen and oxygen atoms in total. The molecule has 6 aliphatic rings. The summed E-state index contributed by atoms with van der Waals surface area (Å²) in [7, 11) is 0. The van der Waals surface area contributed by atoms with Crippen LogP contribution >= 0.6 is 0 Å². The Labute approximate surface area is 348 Å². The fourth-order valence-corrected chi connectivity index (χ4v) is 8.84. The molecule has 1 saturated heterocycles. The lowest BCUT2D eigenvalue weighted by molar-refractivity contribution is -0.142. The first kappa shape index (κ1) is 43.6. The number of ether oxygens (including phenoxy) is 1. The van der Waals surface area contributed by atoms with Crippen LogP contribution in [-0.2, 0) is 9.53 Å². The summed E-state index contributed by atoms with van der Waals surface area (Å²) in [6.45, 7) is 15.1. The minimum Gasteiger partial charge on any atom is -0.511 e. The number of aliphatic imine (C=N–C) groups is 3. The summed E-state index contributed by atoms with van der Waals surface area (Å²) in [5, 5.41) is 58.3. The van der Waals surface area contributed by atoms with Crippen molar-refractivity contribution >= 4 is 23.1 Å². The molecular weight excluding hydrogens is 745 g/mol. The van der Waals surface area contributed by atoms with Gasteiger partial charge in [-0.3, -0.25) is 4.79 Å². The van der Waals surface area contributed by atoms with Crippen molar-refractivity contribution in [2.75, 3.05) is 26.4 Å². The molecular formula is C48H60N4O7. The van der Waals surface area contributed by atoms with Crippen LogP contribution in [0.3, 0.4) is 0 Å². The summed E-state index contributed by atoms with van der Waals surface area (Å²) >= 11 is 0. The molecule has 1 aliphatic carbocycles. The number of hydrogen-bond acceptors (Lipinski definition) is 11. The second-order valence-corrected chi connectivity index (χ2v) is 16.6. The van der Waals surface area contributed by atoms with E-state index in [2.05, 4.69) is 45.2 Å². The van der Waals surface area contributed by atoms with E-state index in [4.69, 9.17) is 19.7 Å². The van der Waals surface area contributed by atoms with Crippen LogP contribution in [-0.4, -0.2) is 81.2 Å². The van der Waals surface area contributed by atoms with E-state index >= 15 is 0 Å². The lowest BCUT2D eigenvalue weighted by Gasteiger charge is -2.18. The summed E-state index contributed by atoms with van der Waals surface area (Å²) in [4.78, 5) is 28.1.